The van der Waals surface area contributed by atoms with Gasteiger partial charge in [0.15, 0.2) is 0 Å². The van der Waals surface area contributed by atoms with E-state index in [9.17, 15) is 33.9 Å². The second kappa shape index (κ2) is 14.3. The van der Waals surface area contributed by atoms with Crippen LogP contribution in [0.4, 0.5) is 9.59 Å². The Bertz CT molecular complexity index is 945. The third-order valence-corrected chi connectivity index (χ3v) is 4.41. The largest absolute Gasteiger partial charge is 0.480 e. The smallest absolute Gasteiger partial charge is 0.408 e. The van der Waals surface area contributed by atoms with Crippen LogP contribution in [0, 0.1) is 0 Å². The topological polar surface area (TPSA) is 203 Å². The summed E-state index contributed by atoms with van der Waals surface area (Å²) in [5, 5.41) is 15.8. The number of nitrogens with one attached hydrogen (secondary N) is 3. The first kappa shape index (κ1) is 29.9. The third-order valence-electron chi connectivity index (χ3n) is 4.41. The molecule has 1 aromatic rings. The Balaban J connectivity index is 2.62. The van der Waals surface area contributed by atoms with Crippen LogP contribution in [-0.4, -0.2) is 58.7 Å². The van der Waals surface area contributed by atoms with Gasteiger partial charge in [-0.2, -0.15) is 0 Å². The predicted molar refractivity (Wildman–Crippen MR) is 125 cm³/mol. The Labute approximate surface area is 208 Å². The van der Waals surface area contributed by atoms with Gasteiger partial charge in [0.25, 0.3) is 0 Å². The lowest BCUT2D eigenvalue weighted by Crippen LogP contribution is -2.50. The van der Waals surface area contributed by atoms with Gasteiger partial charge >= 0.3 is 18.2 Å². The van der Waals surface area contributed by atoms with E-state index in [0.29, 0.717) is 5.56 Å². The first-order valence-corrected chi connectivity index (χ1v) is 11.1. The van der Waals surface area contributed by atoms with Crippen LogP contribution in [0.25, 0.3) is 0 Å². The molecule has 0 saturated carbocycles. The van der Waals surface area contributed by atoms with Crippen molar-refractivity contribution in [1.82, 2.24) is 16.0 Å². The Morgan fingerprint density at radius 2 is 1.50 bits per heavy atom. The monoisotopic (exact) mass is 508 g/mol. The molecule has 198 valence electrons. The molecule has 0 heterocycles. The minimum atomic E-state index is -1.46. The Kier molecular flexibility index (Phi) is 11.9. The van der Waals surface area contributed by atoms with E-state index < -0.39 is 60.0 Å². The normalized spacial score (nSPS) is 12.4. The molecule has 0 bridgehead atoms. The van der Waals surface area contributed by atoms with Crippen molar-refractivity contribution in [3.05, 3.63) is 35.9 Å². The summed E-state index contributed by atoms with van der Waals surface area (Å²) in [5.74, 6) is -3.92. The molecule has 0 fully saturated rings. The van der Waals surface area contributed by atoms with E-state index in [-0.39, 0.29) is 25.9 Å². The number of carboxylic acids is 1. The van der Waals surface area contributed by atoms with Gasteiger partial charge in [-0.25, -0.2) is 14.4 Å². The zero-order valence-electron chi connectivity index (χ0n) is 20.4. The lowest BCUT2D eigenvalue weighted by Gasteiger charge is -2.23. The lowest BCUT2D eigenvalue weighted by molar-refractivity contribution is -0.139. The minimum absolute atomic E-state index is 0.0780. The molecule has 0 saturated heterocycles. The molecule has 5 amide bonds. The zero-order valence-corrected chi connectivity index (χ0v) is 20.4. The van der Waals surface area contributed by atoms with Crippen LogP contribution in [0.15, 0.2) is 30.3 Å². The zero-order chi connectivity index (χ0) is 27.3. The number of rotatable bonds is 12. The second-order valence-corrected chi connectivity index (χ2v) is 8.75. The molecule has 13 heteroatoms. The van der Waals surface area contributed by atoms with Gasteiger partial charge in [-0.3, -0.25) is 19.7 Å². The van der Waals surface area contributed by atoms with Gasteiger partial charge < -0.3 is 30.9 Å². The first-order valence-electron chi connectivity index (χ1n) is 11.1. The van der Waals surface area contributed by atoms with Crippen LogP contribution < -0.4 is 21.7 Å². The average Bonchev–Trinajstić information content (AvgIpc) is 2.77. The maximum Gasteiger partial charge on any atom is 0.408 e. The van der Waals surface area contributed by atoms with Crippen LogP contribution in [-0.2, 0) is 35.3 Å². The van der Waals surface area contributed by atoms with Gasteiger partial charge in [0.1, 0.15) is 24.3 Å². The number of hydrogen-bond donors (Lipinski definition) is 5. The van der Waals surface area contributed by atoms with E-state index in [2.05, 4.69) is 10.6 Å². The molecule has 0 aliphatic rings. The van der Waals surface area contributed by atoms with Gasteiger partial charge in [-0.15, -0.1) is 0 Å². The lowest BCUT2D eigenvalue weighted by atomic mass is 10.1. The Morgan fingerprint density at radius 1 is 0.917 bits per heavy atom. The summed E-state index contributed by atoms with van der Waals surface area (Å²) in [6.07, 6.45) is -3.17. The number of benzene rings is 1. The van der Waals surface area contributed by atoms with Crippen molar-refractivity contribution in [2.45, 2.75) is 70.7 Å². The molecule has 1 rings (SSSR count). The van der Waals surface area contributed by atoms with Gasteiger partial charge in [0.05, 0.1) is 0 Å². The van der Waals surface area contributed by atoms with Gasteiger partial charge in [0, 0.05) is 12.8 Å². The molecule has 6 N–H and O–H groups in total. The Hall–Kier alpha value is -4.16. The van der Waals surface area contributed by atoms with Gasteiger partial charge in [-0.1, -0.05) is 30.3 Å². The second-order valence-electron chi connectivity index (χ2n) is 8.75. The molecule has 0 aliphatic heterocycles. The molecular weight excluding hydrogens is 476 g/mol. The number of hydrogen-bond acceptors (Lipinski definition) is 8. The molecule has 0 aliphatic carbocycles. The highest BCUT2D eigenvalue weighted by Gasteiger charge is 2.27. The van der Waals surface area contributed by atoms with Gasteiger partial charge in [0.2, 0.25) is 17.7 Å². The summed E-state index contributed by atoms with van der Waals surface area (Å²) in [6, 6.07) is 5.95. The molecule has 13 nitrogen and oxygen atoms in total. The van der Waals surface area contributed by atoms with Crippen molar-refractivity contribution < 1.29 is 43.3 Å². The Morgan fingerprint density at radius 3 is 2.06 bits per heavy atom. The van der Waals surface area contributed by atoms with E-state index >= 15 is 0 Å². The van der Waals surface area contributed by atoms with Crippen molar-refractivity contribution in [2.24, 2.45) is 5.73 Å². The summed E-state index contributed by atoms with van der Waals surface area (Å²) >= 11 is 0. The molecule has 0 unspecified atom stereocenters. The highest BCUT2D eigenvalue weighted by atomic mass is 16.6. The number of alkyl carbamates (subject to hydrolysis) is 2. The quantitative estimate of drug-likeness (QED) is 0.272. The van der Waals surface area contributed by atoms with Crippen LogP contribution in [0.5, 0.6) is 0 Å². The van der Waals surface area contributed by atoms with Crippen LogP contribution >= 0.6 is 0 Å². The van der Waals surface area contributed by atoms with Crippen molar-refractivity contribution in [3.8, 4) is 0 Å². The van der Waals surface area contributed by atoms with Crippen LogP contribution in [0.3, 0.4) is 0 Å². The number of imide groups is 1. The summed E-state index contributed by atoms with van der Waals surface area (Å²) in [4.78, 5) is 71.2. The fourth-order valence-corrected chi connectivity index (χ4v) is 2.73. The summed E-state index contributed by atoms with van der Waals surface area (Å²) in [7, 11) is 0. The van der Waals surface area contributed by atoms with Crippen LogP contribution in [0.2, 0.25) is 0 Å². The van der Waals surface area contributed by atoms with Crippen LogP contribution in [0.1, 0.15) is 52.0 Å². The highest BCUT2D eigenvalue weighted by molar-refractivity contribution is 5.99. The van der Waals surface area contributed by atoms with Crippen molar-refractivity contribution in [1.29, 1.82) is 0 Å². The van der Waals surface area contributed by atoms with Gasteiger partial charge in [-0.05, 0) is 39.2 Å². The number of carboxylic acid groups (broad SMARTS) is 1. The number of primary amides is 1. The number of carbonyl (C=O) groups is 6. The highest BCUT2D eigenvalue weighted by Crippen LogP contribution is 2.08. The number of amides is 5. The average molecular weight is 509 g/mol. The molecule has 2 atom stereocenters. The van der Waals surface area contributed by atoms with E-state index in [1.807, 2.05) is 5.32 Å². The molecular formula is C23H32N4O9. The summed E-state index contributed by atoms with van der Waals surface area (Å²) in [5.41, 5.74) is 4.94. The predicted octanol–water partition coefficient (Wildman–Crippen LogP) is 0.948. The van der Waals surface area contributed by atoms with E-state index in [0.717, 1.165) is 0 Å². The molecule has 36 heavy (non-hydrogen) atoms. The van der Waals surface area contributed by atoms with E-state index in [1.165, 1.54) is 0 Å². The fourth-order valence-electron chi connectivity index (χ4n) is 2.73. The summed E-state index contributed by atoms with van der Waals surface area (Å²) < 4.78 is 10.0. The maximum atomic E-state index is 12.5. The maximum absolute atomic E-state index is 12.5. The third kappa shape index (κ3) is 12.9. The van der Waals surface area contributed by atoms with Crippen molar-refractivity contribution in [3.63, 3.8) is 0 Å². The molecule has 0 spiro atoms. The van der Waals surface area contributed by atoms with Crippen molar-refractivity contribution >= 4 is 35.9 Å². The number of carbonyl (C=O) groups excluding carboxylic acids is 5. The van der Waals surface area contributed by atoms with E-state index in [1.54, 1.807) is 51.1 Å². The molecule has 0 aromatic heterocycles. The number of ether oxygens (including phenoxy) is 2. The van der Waals surface area contributed by atoms with E-state index in [4.69, 9.17) is 15.2 Å². The number of aliphatic carboxylic acids is 1. The summed E-state index contributed by atoms with van der Waals surface area (Å²) in [6.45, 7) is 4.75. The number of nitrogens with two attached hydrogens (primary N) is 1. The SMILES string of the molecule is CC(C)(C)OC(=O)N[C@@H](CCC(N)=O)C(=O)NC(=O)CC[C@H](NC(=O)OCc1ccccc1)C(=O)O. The fraction of sp³-hybridized carbons (Fsp3) is 0.478. The molecule has 1 aromatic carbocycles. The molecule has 0 radical (unpaired) electrons. The van der Waals surface area contributed by atoms with Crippen molar-refractivity contribution in [2.75, 3.05) is 0 Å². The minimum Gasteiger partial charge on any atom is -0.480 e. The first-order chi connectivity index (χ1) is 16.8. The standard InChI is InChI=1S/C23H32N4O9/c1-23(2,3)36-22(34)25-15(9-11-17(24)28)19(30)27-18(29)12-10-16(20(31)32)26-21(33)35-13-14-7-5-4-6-8-14/h4-8,15-16H,9-13H2,1-3H3,(H2,24,28)(H,25,34)(H,26,33)(H,31,32)(H,27,29,30)/t15-,16-/m0/s1.